The van der Waals surface area contributed by atoms with Crippen molar-refractivity contribution in [2.24, 2.45) is 0 Å². The molecule has 1 aromatic rings. The molecule has 0 aromatic heterocycles. The molecule has 1 unspecified atom stereocenters. The Bertz CT molecular complexity index is 428. The van der Waals surface area contributed by atoms with Crippen molar-refractivity contribution in [3.8, 4) is 0 Å². The summed E-state index contributed by atoms with van der Waals surface area (Å²) in [6.45, 7) is 0. The Hall–Kier alpha value is -1.63. The molecule has 0 heterocycles. The number of hydrogen-bond donors (Lipinski definition) is 1. The summed E-state index contributed by atoms with van der Waals surface area (Å²) in [6.07, 6.45) is -6.77. The van der Waals surface area contributed by atoms with E-state index in [2.05, 4.69) is 4.74 Å². The average molecular weight is 252 g/mol. The van der Waals surface area contributed by atoms with Crippen LogP contribution in [0.25, 0.3) is 0 Å². The van der Waals surface area contributed by atoms with Crippen molar-refractivity contribution in [1.29, 1.82) is 0 Å². The van der Waals surface area contributed by atoms with E-state index in [-0.39, 0.29) is 5.56 Å². The molecule has 94 valence electrons. The van der Waals surface area contributed by atoms with E-state index in [4.69, 9.17) is 0 Å². The van der Waals surface area contributed by atoms with Crippen LogP contribution in [0, 0.1) is 5.82 Å². The molecule has 1 atom stereocenters. The Kier molecular flexibility index (Phi) is 3.72. The maximum absolute atomic E-state index is 12.9. The molecule has 0 bridgehead atoms. The predicted octanol–water partition coefficient (Wildman–Crippen LogP) is 2.05. The molecule has 0 aliphatic carbocycles. The van der Waals surface area contributed by atoms with E-state index in [0.29, 0.717) is 12.1 Å². The van der Waals surface area contributed by atoms with Crippen LogP contribution in [0.5, 0.6) is 0 Å². The largest absolute Gasteiger partial charge is 0.467 e. The quantitative estimate of drug-likeness (QED) is 0.647. The minimum atomic E-state index is -4.89. The van der Waals surface area contributed by atoms with Gasteiger partial charge in [0.1, 0.15) is 5.82 Å². The number of alkyl halides is 3. The third-order valence-corrected chi connectivity index (χ3v) is 2.04. The van der Waals surface area contributed by atoms with Crippen LogP contribution in [0.3, 0.4) is 0 Å². The van der Waals surface area contributed by atoms with Gasteiger partial charge in [0.05, 0.1) is 12.7 Å². The van der Waals surface area contributed by atoms with Gasteiger partial charge in [-0.05, 0) is 17.7 Å². The van der Waals surface area contributed by atoms with Crippen molar-refractivity contribution in [2.75, 3.05) is 7.11 Å². The van der Waals surface area contributed by atoms with E-state index in [0.717, 1.165) is 13.2 Å². The highest BCUT2D eigenvalue weighted by Gasteiger charge is 2.35. The van der Waals surface area contributed by atoms with Crippen molar-refractivity contribution < 1.29 is 32.2 Å². The smallest absolute Gasteiger partial charge is 0.419 e. The number of carbonyl (C=O) groups excluding carboxylic acids is 1. The Labute approximate surface area is 93.6 Å². The van der Waals surface area contributed by atoms with Gasteiger partial charge in [0.2, 0.25) is 0 Å². The van der Waals surface area contributed by atoms with Crippen molar-refractivity contribution >= 4 is 5.97 Å². The fourth-order valence-electron chi connectivity index (χ4n) is 1.18. The van der Waals surface area contributed by atoms with Crippen LogP contribution in [0.15, 0.2) is 18.2 Å². The van der Waals surface area contributed by atoms with Gasteiger partial charge >= 0.3 is 12.1 Å². The molecule has 0 fully saturated rings. The molecule has 0 radical (unpaired) electrons. The third-order valence-electron chi connectivity index (χ3n) is 2.04. The number of aliphatic hydroxyl groups excluding tert-OH is 1. The molecule has 1 rings (SSSR count). The molecule has 7 heteroatoms. The van der Waals surface area contributed by atoms with Gasteiger partial charge in [0.15, 0.2) is 6.10 Å². The summed E-state index contributed by atoms with van der Waals surface area (Å²) >= 11 is 0. The number of halogens is 4. The second-order valence-corrected chi connectivity index (χ2v) is 3.16. The SMILES string of the molecule is COC(=O)C(O)c1ccc(F)c(C(F)(F)F)c1. The molecule has 0 aliphatic rings. The zero-order valence-corrected chi connectivity index (χ0v) is 8.58. The van der Waals surface area contributed by atoms with Crippen LogP contribution in [0.4, 0.5) is 17.6 Å². The molecule has 3 nitrogen and oxygen atoms in total. The molecular weight excluding hydrogens is 244 g/mol. The number of benzene rings is 1. The lowest BCUT2D eigenvalue weighted by molar-refractivity contribution is -0.151. The van der Waals surface area contributed by atoms with Crippen molar-refractivity contribution in [3.63, 3.8) is 0 Å². The zero-order chi connectivity index (χ0) is 13.2. The first kappa shape index (κ1) is 13.4. The number of methoxy groups -OCH3 is 1. The first-order valence-corrected chi connectivity index (χ1v) is 4.40. The Balaban J connectivity index is 3.17. The summed E-state index contributed by atoms with van der Waals surface area (Å²) in [7, 11) is 0.972. The lowest BCUT2D eigenvalue weighted by atomic mass is 10.1. The highest BCUT2D eigenvalue weighted by molar-refractivity contribution is 5.76. The first-order chi connectivity index (χ1) is 7.77. The molecule has 0 saturated carbocycles. The molecule has 17 heavy (non-hydrogen) atoms. The fraction of sp³-hybridized carbons (Fsp3) is 0.300. The Morgan fingerprint density at radius 1 is 1.41 bits per heavy atom. The van der Waals surface area contributed by atoms with E-state index in [1.165, 1.54) is 0 Å². The van der Waals surface area contributed by atoms with Crippen molar-refractivity contribution in [1.82, 2.24) is 0 Å². The molecule has 0 spiro atoms. The van der Waals surface area contributed by atoms with Gasteiger partial charge < -0.3 is 9.84 Å². The van der Waals surface area contributed by atoms with Crippen LogP contribution in [0.1, 0.15) is 17.2 Å². The normalized spacial score (nSPS) is 13.3. The number of carbonyl (C=O) groups is 1. The maximum Gasteiger partial charge on any atom is 0.419 e. The molecule has 0 saturated heterocycles. The Morgan fingerprint density at radius 2 is 2.00 bits per heavy atom. The average Bonchev–Trinajstić information content (AvgIpc) is 2.26. The third kappa shape index (κ3) is 2.94. The molecule has 0 amide bonds. The fourth-order valence-corrected chi connectivity index (χ4v) is 1.18. The lowest BCUT2D eigenvalue weighted by Gasteiger charge is -2.12. The number of hydrogen-bond acceptors (Lipinski definition) is 3. The van der Waals surface area contributed by atoms with E-state index in [1.54, 1.807) is 0 Å². The number of esters is 1. The number of ether oxygens (including phenoxy) is 1. The summed E-state index contributed by atoms with van der Waals surface area (Å²) in [5.41, 5.74) is -1.93. The highest BCUT2D eigenvalue weighted by atomic mass is 19.4. The van der Waals surface area contributed by atoms with Crippen molar-refractivity contribution in [3.05, 3.63) is 35.1 Å². The van der Waals surface area contributed by atoms with E-state index in [9.17, 15) is 27.5 Å². The summed E-state index contributed by atoms with van der Waals surface area (Å²) in [5.74, 6) is -2.59. The molecule has 1 N–H and O–H groups in total. The maximum atomic E-state index is 12.9. The molecule has 1 aromatic carbocycles. The van der Waals surface area contributed by atoms with Gasteiger partial charge in [-0.25, -0.2) is 9.18 Å². The van der Waals surface area contributed by atoms with Crippen molar-refractivity contribution in [2.45, 2.75) is 12.3 Å². The van der Waals surface area contributed by atoms with E-state index < -0.39 is 29.6 Å². The van der Waals surface area contributed by atoms with Gasteiger partial charge in [0.25, 0.3) is 0 Å². The number of rotatable bonds is 2. The van der Waals surface area contributed by atoms with Crippen LogP contribution in [-0.2, 0) is 15.7 Å². The predicted molar refractivity (Wildman–Crippen MR) is 48.4 cm³/mol. The lowest BCUT2D eigenvalue weighted by Crippen LogP contribution is -2.15. The van der Waals surface area contributed by atoms with Gasteiger partial charge in [-0.3, -0.25) is 0 Å². The van der Waals surface area contributed by atoms with Gasteiger partial charge in [-0.2, -0.15) is 13.2 Å². The standard InChI is InChI=1S/C10H8F4O3/c1-17-9(16)8(15)5-2-3-7(11)6(4-5)10(12,13)14/h2-4,8,15H,1H3. The second-order valence-electron chi connectivity index (χ2n) is 3.16. The van der Waals surface area contributed by atoms with Crippen LogP contribution in [-0.4, -0.2) is 18.2 Å². The molecule has 0 aliphatic heterocycles. The minimum Gasteiger partial charge on any atom is -0.467 e. The topological polar surface area (TPSA) is 46.5 Å². The molecular formula is C10H8F4O3. The summed E-state index contributed by atoms with van der Waals surface area (Å²) < 4.78 is 54.1. The summed E-state index contributed by atoms with van der Waals surface area (Å²) in [5, 5.41) is 9.31. The number of aliphatic hydroxyl groups is 1. The monoisotopic (exact) mass is 252 g/mol. The summed E-state index contributed by atoms with van der Waals surface area (Å²) in [4.78, 5) is 10.9. The van der Waals surface area contributed by atoms with E-state index >= 15 is 0 Å². The van der Waals surface area contributed by atoms with Gasteiger partial charge in [-0.1, -0.05) is 6.07 Å². The summed E-state index contributed by atoms with van der Waals surface area (Å²) in [6, 6.07) is 1.79. The Morgan fingerprint density at radius 3 is 2.47 bits per heavy atom. The van der Waals surface area contributed by atoms with E-state index in [1.807, 2.05) is 0 Å². The minimum absolute atomic E-state index is 0.372. The zero-order valence-electron chi connectivity index (χ0n) is 8.58. The highest BCUT2D eigenvalue weighted by Crippen LogP contribution is 2.33. The second kappa shape index (κ2) is 4.70. The van der Waals surface area contributed by atoms with Crippen LogP contribution < -0.4 is 0 Å². The van der Waals surface area contributed by atoms with Gasteiger partial charge in [-0.15, -0.1) is 0 Å². The van der Waals surface area contributed by atoms with Crippen LogP contribution >= 0.6 is 0 Å². The first-order valence-electron chi connectivity index (χ1n) is 4.40. The van der Waals surface area contributed by atoms with Crippen LogP contribution in [0.2, 0.25) is 0 Å². The van der Waals surface area contributed by atoms with Gasteiger partial charge in [0, 0.05) is 0 Å².